The van der Waals surface area contributed by atoms with Crippen LogP contribution >= 0.6 is 11.8 Å². The number of aryl methyl sites for hydroxylation is 1. The van der Waals surface area contributed by atoms with Crippen molar-refractivity contribution in [3.8, 4) is 11.1 Å². The molecule has 1 amide bonds. The van der Waals surface area contributed by atoms with Crippen molar-refractivity contribution in [2.45, 2.75) is 38.5 Å². The average molecular weight is 353 g/mol. The quantitative estimate of drug-likeness (QED) is 0.814. The number of carbonyl (C=O) groups is 1. The highest BCUT2D eigenvalue weighted by Crippen LogP contribution is 2.44. The van der Waals surface area contributed by atoms with Gasteiger partial charge in [-0.2, -0.15) is 0 Å². The molecule has 1 saturated heterocycles. The Hall–Kier alpha value is -1.81. The fourth-order valence-electron chi connectivity index (χ4n) is 4.02. The zero-order valence-electron chi connectivity index (χ0n) is 14.9. The van der Waals surface area contributed by atoms with Gasteiger partial charge in [0.25, 0.3) is 0 Å². The topological polar surface area (TPSA) is 33.2 Å². The Labute approximate surface area is 153 Å². The van der Waals surface area contributed by atoms with Crippen LogP contribution in [0.2, 0.25) is 0 Å². The summed E-state index contributed by atoms with van der Waals surface area (Å²) >= 11 is 1.73. The van der Waals surface area contributed by atoms with Crippen molar-refractivity contribution in [3.05, 3.63) is 53.3 Å². The smallest absolute Gasteiger partial charge is 0.233 e. The Morgan fingerprint density at radius 2 is 2.12 bits per heavy atom. The average Bonchev–Trinajstić information content (AvgIpc) is 3.22. The van der Waals surface area contributed by atoms with E-state index in [9.17, 15) is 4.79 Å². The number of aromatic nitrogens is 1. The van der Waals surface area contributed by atoms with Crippen LogP contribution < -0.4 is 0 Å². The van der Waals surface area contributed by atoms with E-state index < -0.39 is 0 Å². The zero-order chi connectivity index (χ0) is 17.4. The molecule has 0 spiro atoms. The highest BCUT2D eigenvalue weighted by molar-refractivity contribution is 8.00. The highest BCUT2D eigenvalue weighted by Gasteiger charge is 2.35. The SMILES string of the molecule is CC(C)CN1C(=O)CSC1c1cnccc1-c1cccc2c1CCC2. The van der Waals surface area contributed by atoms with Gasteiger partial charge in [-0.05, 0) is 53.5 Å². The van der Waals surface area contributed by atoms with Crippen LogP contribution in [0, 0.1) is 5.92 Å². The maximum absolute atomic E-state index is 12.4. The summed E-state index contributed by atoms with van der Waals surface area (Å²) in [6, 6.07) is 8.78. The van der Waals surface area contributed by atoms with Gasteiger partial charge in [0.15, 0.2) is 0 Å². The first-order valence-corrected chi connectivity index (χ1v) is 10.2. The number of hydrogen-bond acceptors (Lipinski definition) is 3. The molecule has 0 radical (unpaired) electrons. The van der Waals surface area contributed by atoms with E-state index in [4.69, 9.17) is 0 Å². The molecule has 1 fully saturated rings. The molecule has 3 nitrogen and oxygen atoms in total. The predicted molar refractivity (Wildman–Crippen MR) is 103 cm³/mol. The minimum Gasteiger partial charge on any atom is -0.325 e. The van der Waals surface area contributed by atoms with Gasteiger partial charge >= 0.3 is 0 Å². The second-order valence-corrected chi connectivity index (χ2v) is 8.43. The van der Waals surface area contributed by atoms with E-state index in [-0.39, 0.29) is 11.3 Å². The van der Waals surface area contributed by atoms with Crippen LogP contribution in [-0.4, -0.2) is 28.1 Å². The Bertz CT molecular complexity index is 802. The van der Waals surface area contributed by atoms with Crippen molar-refractivity contribution in [2.75, 3.05) is 12.3 Å². The molecule has 1 aromatic carbocycles. The van der Waals surface area contributed by atoms with E-state index >= 15 is 0 Å². The van der Waals surface area contributed by atoms with Crippen LogP contribution in [0.5, 0.6) is 0 Å². The Morgan fingerprint density at radius 1 is 1.24 bits per heavy atom. The predicted octanol–water partition coefficient (Wildman–Crippen LogP) is 4.47. The summed E-state index contributed by atoms with van der Waals surface area (Å²) in [4.78, 5) is 18.9. The van der Waals surface area contributed by atoms with Crippen LogP contribution in [0.25, 0.3) is 11.1 Å². The largest absolute Gasteiger partial charge is 0.325 e. The van der Waals surface area contributed by atoms with Gasteiger partial charge in [0.2, 0.25) is 5.91 Å². The standard InChI is InChI=1S/C21H24N2OS/c1-14(2)12-23-20(24)13-25-21(23)19-11-22-10-9-18(19)17-8-4-6-15-5-3-7-16(15)17/h4,6,8-11,14,21H,3,5,7,12-13H2,1-2H3. The lowest BCUT2D eigenvalue weighted by Crippen LogP contribution is -2.32. The van der Waals surface area contributed by atoms with E-state index in [0.29, 0.717) is 11.7 Å². The van der Waals surface area contributed by atoms with Gasteiger partial charge in [0, 0.05) is 24.5 Å². The summed E-state index contributed by atoms with van der Waals surface area (Å²) in [5.74, 6) is 1.28. The number of fused-ring (bicyclic) bond motifs is 1. The van der Waals surface area contributed by atoms with E-state index in [2.05, 4.69) is 43.1 Å². The van der Waals surface area contributed by atoms with E-state index in [1.165, 1.54) is 40.7 Å². The first-order valence-electron chi connectivity index (χ1n) is 9.11. The highest BCUT2D eigenvalue weighted by atomic mass is 32.2. The maximum atomic E-state index is 12.4. The third kappa shape index (κ3) is 3.08. The Balaban J connectivity index is 1.78. The first kappa shape index (κ1) is 16.6. The molecule has 0 saturated carbocycles. The van der Waals surface area contributed by atoms with Crippen LogP contribution in [0.1, 0.15) is 42.3 Å². The van der Waals surface area contributed by atoms with Gasteiger partial charge < -0.3 is 4.90 Å². The minimum atomic E-state index is 0.0795. The van der Waals surface area contributed by atoms with E-state index in [1.807, 2.05) is 17.3 Å². The molecule has 25 heavy (non-hydrogen) atoms. The monoisotopic (exact) mass is 352 g/mol. The second-order valence-electron chi connectivity index (χ2n) is 7.36. The first-order chi connectivity index (χ1) is 12.1. The number of carbonyl (C=O) groups excluding carboxylic acids is 1. The normalized spacial score (nSPS) is 19.7. The summed E-state index contributed by atoms with van der Waals surface area (Å²) < 4.78 is 0. The molecule has 1 aliphatic heterocycles. The lowest BCUT2D eigenvalue weighted by Gasteiger charge is -2.27. The van der Waals surface area contributed by atoms with Gasteiger partial charge in [-0.1, -0.05) is 32.0 Å². The van der Waals surface area contributed by atoms with E-state index in [1.54, 1.807) is 11.8 Å². The summed E-state index contributed by atoms with van der Waals surface area (Å²) in [6.45, 7) is 5.14. The molecule has 0 bridgehead atoms. The van der Waals surface area contributed by atoms with Crippen LogP contribution in [0.4, 0.5) is 0 Å². The summed E-state index contributed by atoms with van der Waals surface area (Å²) in [5.41, 5.74) is 6.72. The fourth-order valence-corrected chi connectivity index (χ4v) is 5.24. The summed E-state index contributed by atoms with van der Waals surface area (Å²) in [7, 11) is 0. The number of hydrogen-bond donors (Lipinski definition) is 0. The molecule has 0 N–H and O–H groups in total. The van der Waals surface area contributed by atoms with Crippen molar-refractivity contribution in [3.63, 3.8) is 0 Å². The van der Waals surface area contributed by atoms with Crippen LogP contribution in [-0.2, 0) is 17.6 Å². The van der Waals surface area contributed by atoms with Gasteiger partial charge in [0.05, 0.1) is 5.75 Å². The van der Waals surface area contributed by atoms with Gasteiger partial charge in [-0.3, -0.25) is 9.78 Å². The molecule has 2 aliphatic rings. The van der Waals surface area contributed by atoms with Crippen molar-refractivity contribution >= 4 is 17.7 Å². The Morgan fingerprint density at radius 3 is 2.96 bits per heavy atom. The lowest BCUT2D eigenvalue weighted by molar-refractivity contribution is -0.128. The molecule has 4 heteroatoms. The van der Waals surface area contributed by atoms with Crippen LogP contribution in [0.3, 0.4) is 0 Å². The fraction of sp³-hybridized carbons (Fsp3) is 0.429. The number of nitrogens with zero attached hydrogens (tertiary/aromatic N) is 2. The molecule has 2 aromatic rings. The number of pyridine rings is 1. The molecular formula is C21H24N2OS. The van der Waals surface area contributed by atoms with E-state index in [0.717, 1.165) is 13.0 Å². The van der Waals surface area contributed by atoms with Gasteiger partial charge in [-0.15, -0.1) is 11.8 Å². The second kappa shape index (κ2) is 6.83. The summed E-state index contributed by atoms with van der Waals surface area (Å²) in [5, 5.41) is 0.0795. The summed E-state index contributed by atoms with van der Waals surface area (Å²) in [6.07, 6.45) is 7.41. The number of benzene rings is 1. The molecular weight excluding hydrogens is 328 g/mol. The number of amides is 1. The third-order valence-electron chi connectivity index (χ3n) is 5.08. The number of rotatable bonds is 4. The van der Waals surface area contributed by atoms with Crippen molar-refractivity contribution in [1.82, 2.24) is 9.88 Å². The van der Waals surface area contributed by atoms with Crippen molar-refractivity contribution in [2.24, 2.45) is 5.92 Å². The molecule has 1 aromatic heterocycles. The van der Waals surface area contributed by atoms with Crippen molar-refractivity contribution in [1.29, 1.82) is 0 Å². The molecule has 1 aliphatic carbocycles. The molecule has 130 valence electrons. The number of thioether (sulfide) groups is 1. The minimum absolute atomic E-state index is 0.0795. The van der Waals surface area contributed by atoms with Crippen LogP contribution in [0.15, 0.2) is 36.7 Å². The molecule has 1 unspecified atom stereocenters. The molecule has 2 heterocycles. The van der Waals surface area contributed by atoms with Gasteiger partial charge in [-0.25, -0.2) is 0 Å². The van der Waals surface area contributed by atoms with Crippen molar-refractivity contribution < 1.29 is 4.79 Å². The zero-order valence-corrected chi connectivity index (χ0v) is 15.7. The lowest BCUT2D eigenvalue weighted by atomic mass is 9.94. The molecule has 4 rings (SSSR count). The van der Waals surface area contributed by atoms with Gasteiger partial charge in [0.1, 0.15) is 5.37 Å². The Kier molecular flexibility index (Phi) is 4.55. The molecule has 1 atom stereocenters. The maximum Gasteiger partial charge on any atom is 0.233 e. The third-order valence-corrected chi connectivity index (χ3v) is 6.32.